The van der Waals surface area contributed by atoms with Gasteiger partial charge in [0.1, 0.15) is 0 Å². The predicted octanol–water partition coefficient (Wildman–Crippen LogP) is 0.383. The lowest BCUT2D eigenvalue weighted by Gasteiger charge is -2.18. The van der Waals surface area contributed by atoms with E-state index in [0.29, 0.717) is 12.5 Å². The number of urea groups is 1. The van der Waals surface area contributed by atoms with Gasteiger partial charge < -0.3 is 16.0 Å². The van der Waals surface area contributed by atoms with Crippen LogP contribution < -0.4 is 11.1 Å². The molecule has 2 amide bonds. The monoisotopic (exact) mass is 185 g/mol. The molecule has 0 aliphatic carbocycles. The number of carbonyl (C=O) groups is 1. The van der Waals surface area contributed by atoms with E-state index in [1.165, 1.54) is 0 Å². The molecule has 2 unspecified atom stereocenters. The first-order valence-corrected chi connectivity index (χ1v) is 4.81. The smallest absolute Gasteiger partial charge is 0.317 e. The van der Waals surface area contributed by atoms with Crippen LogP contribution >= 0.6 is 0 Å². The van der Waals surface area contributed by atoms with Crippen molar-refractivity contribution in [3.8, 4) is 0 Å². The number of nitrogens with zero attached hydrogens (tertiary/aromatic N) is 1. The lowest BCUT2D eigenvalue weighted by molar-refractivity contribution is 0.204. The molecular formula is C9H19N3O. The Kier molecular flexibility index (Phi) is 3.14. The maximum absolute atomic E-state index is 11.5. The van der Waals surface area contributed by atoms with Crippen molar-refractivity contribution in [1.29, 1.82) is 0 Å². The van der Waals surface area contributed by atoms with Crippen molar-refractivity contribution in [2.45, 2.75) is 32.9 Å². The Bertz CT molecular complexity index is 183. The highest BCUT2D eigenvalue weighted by atomic mass is 16.2. The highest BCUT2D eigenvalue weighted by Crippen LogP contribution is 2.14. The van der Waals surface area contributed by atoms with E-state index in [4.69, 9.17) is 5.73 Å². The van der Waals surface area contributed by atoms with Crippen LogP contribution in [0.3, 0.4) is 0 Å². The van der Waals surface area contributed by atoms with Crippen molar-refractivity contribution in [1.82, 2.24) is 10.2 Å². The maximum atomic E-state index is 11.5. The summed E-state index contributed by atoms with van der Waals surface area (Å²) in [7, 11) is 0. The Hall–Kier alpha value is -0.770. The van der Waals surface area contributed by atoms with Gasteiger partial charge in [0.25, 0.3) is 0 Å². The van der Waals surface area contributed by atoms with Gasteiger partial charge in [-0.3, -0.25) is 0 Å². The van der Waals surface area contributed by atoms with Crippen LogP contribution in [0.25, 0.3) is 0 Å². The van der Waals surface area contributed by atoms with Gasteiger partial charge in [-0.05, 0) is 19.8 Å². The number of hydrogen-bond donors (Lipinski definition) is 2. The minimum Gasteiger partial charge on any atom is -0.336 e. The van der Waals surface area contributed by atoms with Gasteiger partial charge in [-0.25, -0.2) is 4.79 Å². The first-order chi connectivity index (χ1) is 6.00. The first-order valence-electron chi connectivity index (χ1n) is 4.81. The van der Waals surface area contributed by atoms with E-state index in [1.54, 1.807) is 4.90 Å². The molecule has 76 valence electrons. The number of carbonyl (C=O) groups excluding carboxylic acids is 1. The van der Waals surface area contributed by atoms with Crippen molar-refractivity contribution in [2.75, 3.05) is 13.1 Å². The first kappa shape index (κ1) is 10.3. The molecule has 0 aromatic rings. The zero-order valence-electron chi connectivity index (χ0n) is 8.58. The number of amides is 2. The Morgan fingerprint density at radius 1 is 1.54 bits per heavy atom. The van der Waals surface area contributed by atoms with Gasteiger partial charge in [0.15, 0.2) is 0 Å². The van der Waals surface area contributed by atoms with Crippen molar-refractivity contribution < 1.29 is 4.79 Å². The van der Waals surface area contributed by atoms with Gasteiger partial charge in [-0.1, -0.05) is 6.92 Å². The Morgan fingerprint density at radius 3 is 2.54 bits per heavy atom. The molecule has 1 aliphatic rings. The largest absolute Gasteiger partial charge is 0.336 e. The number of nitrogens with one attached hydrogen (secondary N) is 1. The zero-order chi connectivity index (χ0) is 10.0. The normalized spacial score (nSPS) is 28.2. The van der Waals surface area contributed by atoms with Crippen LogP contribution in [-0.2, 0) is 0 Å². The van der Waals surface area contributed by atoms with E-state index >= 15 is 0 Å². The van der Waals surface area contributed by atoms with Gasteiger partial charge in [0.2, 0.25) is 0 Å². The lowest BCUT2D eigenvalue weighted by Crippen LogP contribution is -2.42. The van der Waals surface area contributed by atoms with Gasteiger partial charge >= 0.3 is 6.03 Å². The molecule has 0 radical (unpaired) electrons. The maximum Gasteiger partial charge on any atom is 0.317 e. The summed E-state index contributed by atoms with van der Waals surface area (Å²) < 4.78 is 0. The van der Waals surface area contributed by atoms with E-state index in [0.717, 1.165) is 6.54 Å². The van der Waals surface area contributed by atoms with Crippen molar-refractivity contribution in [3.05, 3.63) is 0 Å². The fourth-order valence-electron chi connectivity index (χ4n) is 1.50. The van der Waals surface area contributed by atoms with Crippen LogP contribution in [-0.4, -0.2) is 36.1 Å². The fourth-order valence-corrected chi connectivity index (χ4v) is 1.50. The number of rotatable bonds is 1. The highest BCUT2D eigenvalue weighted by Gasteiger charge is 2.29. The molecule has 1 heterocycles. The number of hydrogen-bond acceptors (Lipinski definition) is 2. The summed E-state index contributed by atoms with van der Waals surface area (Å²) in [6, 6.07) is 0.340. The van der Waals surface area contributed by atoms with E-state index < -0.39 is 0 Å². The molecule has 13 heavy (non-hydrogen) atoms. The second kappa shape index (κ2) is 3.96. The lowest BCUT2D eigenvalue weighted by atomic mass is 10.1. The van der Waals surface area contributed by atoms with Crippen LogP contribution in [0.4, 0.5) is 4.79 Å². The summed E-state index contributed by atoms with van der Waals surface area (Å²) in [4.78, 5) is 13.3. The SMILES string of the molecule is CC(C)NC(=O)N1CC(C)C(N)C1. The Morgan fingerprint density at radius 2 is 2.15 bits per heavy atom. The van der Waals surface area contributed by atoms with Gasteiger partial charge in [-0.15, -0.1) is 0 Å². The van der Waals surface area contributed by atoms with Crippen LogP contribution in [0, 0.1) is 5.92 Å². The molecule has 4 nitrogen and oxygen atoms in total. The highest BCUT2D eigenvalue weighted by molar-refractivity contribution is 5.74. The summed E-state index contributed by atoms with van der Waals surface area (Å²) in [5, 5.41) is 2.86. The molecule has 3 N–H and O–H groups in total. The third-order valence-corrected chi connectivity index (χ3v) is 2.37. The molecule has 4 heteroatoms. The van der Waals surface area contributed by atoms with Gasteiger partial charge in [-0.2, -0.15) is 0 Å². The van der Waals surface area contributed by atoms with Crippen LogP contribution in [0.2, 0.25) is 0 Å². The van der Waals surface area contributed by atoms with Gasteiger partial charge in [0, 0.05) is 25.2 Å². The molecule has 0 saturated carbocycles. The third kappa shape index (κ3) is 2.59. The molecule has 0 bridgehead atoms. The molecule has 1 aliphatic heterocycles. The standard InChI is InChI=1S/C9H19N3O/c1-6(2)11-9(13)12-4-7(3)8(10)5-12/h6-8H,4-5,10H2,1-3H3,(H,11,13). The summed E-state index contributed by atoms with van der Waals surface area (Å²) in [6.45, 7) is 7.45. The fraction of sp³-hybridized carbons (Fsp3) is 0.889. The van der Waals surface area contributed by atoms with Crippen molar-refractivity contribution in [3.63, 3.8) is 0 Å². The number of likely N-dealkylation sites (tertiary alicyclic amines) is 1. The van der Waals surface area contributed by atoms with Crippen LogP contribution in [0.5, 0.6) is 0 Å². The third-order valence-electron chi connectivity index (χ3n) is 2.37. The summed E-state index contributed by atoms with van der Waals surface area (Å²) in [5.41, 5.74) is 5.82. The summed E-state index contributed by atoms with van der Waals surface area (Å²) in [6.07, 6.45) is 0. The molecule has 0 aromatic carbocycles. The molecule has 1 saturated heterocycles. The quantitative estimate of drug-likeness (QED) is 0.620. The average Bonchev–Trinajstić information content (AvgIpc) is 2.31. The molecule has 0 spiro atoms. The zero-order valence-corrected chi connectivity index (χ0v) is 8.58. The Balaban J connectivity index is 2.42. The molecule has 0 aromatic heterocycles. The average molecular weight is 185 g/mol. The molecule has 1 fully saturated rings. The second-order valence-corrected chi connectivity index (χ2v) is 4.15. The van der Waals surface area contributed by atoms with Crippen molar-refractivity contribution >= 4 is 6.03 Å². The van der Waals surface area contributed by atoms with E-state index in [1.807, 2.05) is 13.8 Å². The molecule has 2 atom stereocenters. The van der Waals surface area contributed by atoms with Crippen molar-refractivity contribution in [2.24, 2.45) is 11.7 Å². The van der Waals surface area contributed by atoms with Crippen LogP contribution in [0.15, 0.2) is 0 Å². The Labute approximate surface area is 79.5 Å². The van der Waals surface area contributed by atoms with E-state index in [2.05, 4.69) is 12.2 Å². The topological polar surface area (TPSA) is 58.4 Å². The number of nitrogens with two attached hydrogens (primary N) is 1. The molecular weight excluding hydrogens is 166 g/mol. The van der Waals surface area contributed by atoms with Crippen LogP contribution in [0.1, 0.15) is 20.8 Å². The second-order valence-electron chi connectivity index (χ2n) is 4.15. The van der Waals surface area contributed by atoms with Gasteiger partial charge in [0.05, 0.1) is 0 Å². The molecule has 1 rings (SSSR count). The predicted molar refractivity (Wildman–Crippen MR) is 52.4 cm³/mol. The summed E-state index contributed by atoms with van der Waals surface area (Å²) >= 11 is 0. The van der Waals surface area contributed by atoms with E-state index in [-0.39, 0.29) is 18.1 Å². The van der Waals surface area contributed by atoms with E-state index in [9.17, 15) is 4.79 Å². The minimum atomic E-state index is 0.00907. The minimum absolute atomic E-state index is 0.00907. The summed E-state index contributed by atoms with van der Waals surface area (Å²) in [5.74, 6) is 0.415.